The topological polar surface area (TPSA) is 91.1 Å². The van der Waals surface area contributed by atoms with Crippen LogP contribution in [0.3, 0.4) is 0 Å². The number of alkyl halides is 3. The lowest BCUT2D eigenvalue weighted by molar-refractivity contribution is -0.137. The van der Waals surface area contributed by atoms with Gasteiger partial charge in [0, 0.05) is 6.20 Å². The molecule has 0 spiro atoms. The second-order valence-electron chi connectivity index (χ2n) is 8.67. The summed E-state index contributed by atoms with van der Waals surface area (Å²) in [6.45, 7) is 8.73. The zero-order chi connectivity index (χ0) is 28.4. The number of nitrogens with one attached hydrogen (secondary N) is 1. The molecule has 0 radical (unpaired) electrons. The number of nitrogens with zero attached hydrogens (tertiary/aromatic N) is 6. The van der Waals surface area contributed by atoms with E-state index < -0.39 is 23.5 Å². The van der Waals surface area contributed by atoms with Crippen LogP contribution in [-0.2, 0) is 12.7 Å². The number of imidazole rings is 1. The standard InChI is InChI=1S/C28H20F3N7O2/c1-18-25(24-13-15-35-38(24)22-11-9-20(32-2)10-12-22)37(26(39)34-17-21-7-3-4-14-33-21)27(40)36(18)23-8-5-6-19(16-23)28(29,30)31/h3-16H,17H2,1H3,(H,34,39). The molecule has 3 heterocycles. The van der Waals surface area contributed by atoms with E-state index in [0.29, 0.717) is 22.8 Å². The molecule has 9 nitrogen and oxygen atoms in total. The molecule has 1 N–H and O–H groups in total. The number of carbonyl (C=O) groups is 1. The van der Waals surface area contributed by atoms with Gasteiger partial charge in [-0.05, 0) is 55.5 Å². The summed E-state index contributed by atoms with van der Waals surface area (Å²) < 4.78 is 43.9. The molecule has 1 amide bonds. The van der Waals surface area contributed by atoms with Crippen molar-refractivity contribution < 1.29 is 18.0 Å². The number of carbonyl (C=O) groups excluding carboxylic acids is 1. The zero-order valence-corrected chi connectivity index (χ0v) is 20.9. The molecule has 5 rings (SSSR count). The highest BCUT2D eigenvalue weighted by Gasteiger charge is 2.32. The Bertz CT molecular complexity index is 1790. The molecule has 0 atom stereocenters. The fraction of sp³-hybridized carbons (Fsp3) is 0.107. The highest BCUT2D eigenvalue weighted by Crippen LogP contribution is 2.32. The normalized spacial score (nSPS) is 11.3. The maximum absolute atomic E-state index is 13.8. The lowest BCUT2D eigenvalue weighted by Crippen LogP contribution is -2.37. The Hall–Kier alpha value is -5.44. The van der Waals surface area contributed by atoms with E-state index in [4.69, 9.17) is 6.57 Å². The molecule has 0 saturated heterocycles. The van der Waals surface area contributed by atoms with E-state index in [-0.39, 0.29) is 23.6 Å². The number of aromatic nitrogens is 5. The van der Waals surface area contributed by atoms with Gasteiger partial charge in [0.1, 0.15) is 5.69 Å². The number of pyridine rings is 1. The molecule has 0 bridgehead atoms. The maximum Gasteiger partial charge on any atom is 0.416 e. The molecule has 0 fully saturated rings. The molecule has 2 aromatic carbocycles. The predicted octanol–water partition coefficient (Wildman–Crippen LogP) is 5.52. The summed E-state index contributed by atoms with van der Waals surface area (Å²) in [5.74, 6) is 0. The Morgan fingerprint density at radius 3 is 2.45 bits per heavy atom. The van der Waals surface area contributed by atoms with Crippen LogP contribution < -0.4 is 11.0 Å². The van der Waals surface area contributed by atoms with Crippen LogP contribution in [-0.4, -0.2) is 29.9 Å². The molecule has 0 aliphatic rings. The van der Waals surface area contributed by atoms with Crippen LogP contribution in [0.5, 0.6) is 0 Å². The number of halogens is 3. The van der Waals surface area contributed by atoms with Crippen molar-refractivity contribution >= 4 is 11.7 Å². The molecule has 40 heavy (non-hydrogen) atoms. The SMILES string of the molecule is [C-]#[N+]c1ccc(-n2nccc2-c2c(C)n(-c3cccc(C(F)(F)F)c3)c(=O)n2C(=O)NCc2ccccn2)cc1. The smallest absolute Gasteiger partial charge is 0.332 e. The van der Waals surface area contributed by atoms with E-state index in [1.165, 1.54) is 23.0 Å². The summed E-state index contributed by atoms with van der Waals surface area (Å²) >= 11 is 0. The minimum atomic E-state index is -4.63. The molecular weight excluding hydrogens is 523 g/mol. The second-order valence-corrected chi connectivity index (χ2v) is 8.67. The molecule has 5 aromatic rings. The summed E-state index contributed by atoms with van der Waals surface area (Å²) in [6.07, 6.45) is -1.60. The van der Waals surface area contributed by atoms with Gasteiger partial charge in [-0.15, -0.1) is 0 Å². The van der Waals surface area contributed by atoms with Crippen LogP contribution in [0, 0.1) is 13.5 Å². The van der Waals surface area contributed by atoms with Crippen LogP contribution >= 0.6 is 0 Å². The van der Waals surface area contributed by atoms with Gasteiger partial charge in [-0.2, -0.15) is 18.3 Å². The van der Waals surface area contributed by atoms with Crippen LogP contribution in [0.4, 0.5) is 23.7 Å². The van der Waals surface area contributed by atoms with Gasteiger partial charge in [-0.1, -0.05) is 24.3 Å². The highest BCUT2D eigenvalue weighted by molar-refractivity contribution is 5.83. The fourth-order valence-corrected chi connectivity index (χ4v) is 4.33. The first-order chi connectivity index (χ1) is 19.2. The summed E-state index contributed by atoms with van der Waals surface area (Å²) in [6, 6.07) is 16.8. The van der Waals surface area contributed by atoms with Crippen LogP contribution in [0.2, 0.25) is 0 Å². The molecule has 0 aliphatic heterocycles. The van der Waals surface area contributed by atoms with Crippen LogP contribution in [0.1, 0.15) is 17.0 Å². The average molecular weight is 544 g/mol. The van der Waals surface area contributed by atoms with Gasteiger partial charge >= 0.3 is 17.9 Å². The number of rotatable bonds is 5. The highest BCUT2D eigenvalue weighted by atomic mass is 19.4. The van der Waals surface area contributed by atoms with Crippen molar-refractivity contribution in [3.8, 4) is 22.8 Å². The number of amides is 1. The van der Waals surface area contributed by atoms with Gasteiger partial charge in [-0.25, -0.2) is 23.7 Å². The third-order valence-electron chi connectivity index (χ3n) is 6.17. The van der Waals surface area contributed by atoms with E-state index in [1.54, 1.807) is 61.7 Å². The van der Waals surface area contributed by atoms with E-state index in [1.807, 2.05) is 0 Å². The number of benzene rings is 2. The summed E-state index contributed by atoms with van der Waals surface area (Å²) in [4.78, 5) is 34.8. The first-order valence-corrected chi connectivity index (χ1v) is 11.9. The van der Waals surface area contributed by atoms with Gasteiger partial charge in [0.15, 0.2) is 5.69 Å². The van der Waals surface area contributed by atoms with Crippen molar-refractivity contribution in [3.05, 3.63) is 124 Å². The van der Waals surface area contributed by atoms with Crippen molar-refractivity contribution in [2.45, 2.75) is 19.6 Å². The Morgan fingerprint density at radius 2 is 1.77 bits per heavy atom. The van der Waals surface area contributed by atoms with Gasteiger partial charge in [0.25, 0.3) is 0 Å². The monoisotopic (exact) mass is 543 g/mol. The van der Waals surface area contributed by atoms with Crippen molar-refractivity contribution in [2.24, 2.45) is 0 Å². The largest absolute Gasteiger partial charge is 0.416 e. The molecule has 0 saturated carbocycles. The molecule has 3 aromatic heterocycles. The minimum absolute atomic E-state index is 0.0106. The number of hydrogen-bond donors (Lipinski definition) is 1. The van der Waals surface area contributed by atoms with Gasteiger partial charge in [0.2, 0.25) is 0 Å². The minimum Gasteiger partial charge on any atom is -0.332 e. The van der Waals surface area contributed by atoms with Crippen molar-refractivity contribution in [3.63, 3.8) is 0 Å². The van der Waals surface area contributed by atoms with Gasteiger partial charge in [-0.3, -0.25) is 9.55 Å². The third-order valence-corrected chi connectivity index (χ3v) is 6.17. The molecule has 12 heteroatoms. The van der Waals surface area contributed by atoms with Crippen molar-refractivity contribution in [1.82, 2.24) is 29.2 Å². The number of hydrogen-bond acceptors (Lipinski definition) is 4. The van der Waals surface area contributed by atoms with Crippen molar-refractivity contribution in [2.75, 3.05) is 0 Å². The Labute approximate surface area is 225 Å². The lowest BCUT2D eigenvalue weighted by Gasteiger charge is -2.12. The Morgan fingerprint density at radius 1 is 1.00 bits per heavy atom. The van der Waals surface area contributed by atoms with E-state index in [2.05, 4.69) is 20.2 Å². The van der Waals surface area contributed by atoms with E-state index in [0.717, 1.165) is 21.3 Å². The first-order valence-electron chi connectivity index (χ1n) is 11.9. The van der Waals surface area contributed by atoms with Crippen molar-refractivity contribution in [1.29, 1.82) is 0 Å². The van der Waals surface area contributed by atoms with E-state index >= 15 is 0 Å². The molecule has 0 aliphatic carbocycles. The molecule has 0 unspecified atom stereocenters. The second kappa shape index (κ2) is 10.4. The van der Waals surface area contributed by atoms with Gasteiger partial charge < -0.3 is 5.32 Å². The summed E-state index contributed by atoms with van der Waals surface area (Å²) in [5.41, 5.74) is 0.346. The summed E-state index contributed by atoms with van der Waals surface area (Å²) in [5, 5.41) is 7.00. The maximum atomic E-state index is 13.8. The Kier molecular flexibility index (Phi) is 6.79. The van der Waals surface area contributed by atoms with Crippen LogP contribution in [0.15, 0.2) is 90.0 Å². The zero-order valence-electron chi connectivity index (χ0n) is 20.9. The average Bonchev–Trinajstić information content (AvgIpc) is 3.53. The fourth-order valence-electron chi connectivity index (χ4n) is 4.33. The third kappa shape index (κ3) is 4.88. The van der Waals surface area contributed by atoms with Gasteiger partial charge in [0.05, 0.1) is 53.3 Å². The Balaban J connectivity index is 1.68. The molecule has 200 valence electrons. The van der Waals surface area contributed by atoms with Crippen LogP contribution in [0.25, 0.3) is 27.6 Å². The summed E-state index contributed by atoms with van der Waals surface area (Å²) in [7, 11) is 0. The lowest BCUT2D eigenvalue weighted by atomic mass is 10.2. The quantitative estimate of drug-likeness (QED) is 0.296. The first kappa shape index (κ1) is 26.2. The predicted molar refractivity (Wildman–Crippen MR) is 140 cm³/mol. The van der Waals surface area contributed by atoms with E-state index in [9.17, 15) is 22.8 Å². The molecular formula is C28H20F3N7O2.